The fourth-order valence-corrected chi connectivity index (χ4v) is 2.12. The molecule has 1 amide bonds. The molecule has 2 rings (SSSR count). The Morgan fingerprint density at radius 3 is 2.22 bits per heavy atom. The van der Waals surface area contributed by atoms with Gasteiger partial charge >= 0.3 is 0 Å². The molecule has 0 aliphatic carbocycles. The van der Waals surface area contributed by atoms with Crippen LogP contribution in [0.2, 0.25) is 0 Å². The van der Waals surface area contributed by atoms with E-state index in [-0.39, 0.29) is 11.9 Å². The lowest BCUT2D eigenvalue weighted by atomic mass is 10.0. The Bertz CT molecular complexity index is 677. The van der Waals surface area contributed by atoms with Gasteiger partial charge in [-0.3, -0.25) is 4.79 Å². The van der Waals surface area contributed by atoms with Gasteiger partial charge in [-0.1, -0.05) is 12.1 Å². The standard InChI is InChI=1S/C18H22N4O/c1-12(21-2)11-17(20)13-5-9-16(10-6-13)22-18(23)14-3-7-15(19)8-4-14/h3-10,12,20-21H,11,19H2,1-2H3,(H,22,23). The van der Waals surface area contributed by atoms with Gasteiger partial charge in [0.2, 0.25) is 0 Å². The van der Waals surface area contributed by atoms with Crippen LogP contribution >= 0.6 is 0 Å². The molecule has 0 saturated carbocycles. The molecule has 120 valence electrons. The summed E-state index contributed by atoms with van der Waals surface area (Å²) in [4.78, 5) is 12.1. The average molecular weight is 310 g/mol. The molecular formula is C18H22N4O. The van der Waals surface area contributed by atoms with Gasteiger partial charge in [0.25, 0.3) is 5.91 Å². The molecule has 0 bridgehead atoms. The lowest BCUT2D eigenvalue weighted by Gasteiger charge is -2.12. The predicted octanol–water partition coefficient (Wildman–Crippen LogP) is 2.89. The zero-order valence-electron chi connectivity index (χ0n) is 13.4. The zero-order chi connectivity index (χ0) is 16.8. The minimum absolute atomic E-state index is 0.184. The molecule has 0 aliphatic heterocycles. The second-order valence-corrected chi connectivity index (χ2v) is 5.53. The maximum Gasteiger partial charge on any atom is 0.255 e. The van der Waals surface area contributed by atoms with Crippen molar-refractivity contribution >= 4 is 23.0 Å². The third-order valence-corrected chi connectivity index (χ3v) is 3.67. The van der Waals surface area contributed by atoms with E-state index < -0.39 is 0 Å². The normalized spacial score (nSPS) is 11.7. The highest BCUT2D eigenvalue weighted by molar-refractivity contribution is 6.05. The van der Waals surface area contributed by atoms with E-state index in [1.165, 1.54) is 0 Å². The van der Waals surface area contributed by atoms with E-state index in [1.54, 1.807) is 24.3 Å². The van der Waals surface area contributed by atoms with E-state index in [2.05, 4.69) is 10.6 Å². The zero-order valence-corrected chi connectivity index (χ0v) is 13.4. The molecule has 2 aromatic rings. The monoisotopic (exact) mass is 310 g/mol. The summed E-state index contributed by atoms with van der Waals surface area (Å²) < 4.78 is 0. The number of benzene rings is 2. The Morgan fingerprint density at radius 2 is 1.65 bits per heavy atom. The third-order valence-electron chi connectivity index (χ3n) is 3.67. The van der Waals surface area contributed by atoms with Gasteiger partial charge in [-0.15, -0.1) is 0 Å². The van der Waals surface area contributed by atoms with Crippen LogP contribution in [0.25, 0.3) is 0 Å². The molecule has 0 saturated heterocycles. The minimum atomic E-state index is -0.184. The van der Waals surface area contributed by atoms with E-state index >= 15 is 0 Å². The molecule has 0 aliphatic rings. The van der Waals surface area contributed by atoms with Crippen LogP contribution in [0.4, 0.5) is 11.4 Å². The first-order valence-corrected chi connectivity index (χ1v) is 7.51. The highest BCUT2D eigenvalue weighted by atomic mass is 16.1. The van der Waals surface area contributed by atoms with Crippen molar-refractivity contribution in [2.24, 2.45) is 0 Å². The molecule has 1 unspecified atom stereocenters. The molecular weight excluding hydrogens is 288 g/mol. The van der Waals surface area contributed by atoms with E-state index in [0.29, 0.717) is 29.1 Å². The van der Waals surface area contributed by atoms with Crippen molar-refractivity contribution < 1.29 is 4.79 Å². The summed E-state index contributed by atoms with van der Waals surface area (Å²) in [6.45, 7) is 2.04. The van der Waals surface area contributed by atoms with Crippen LogP contribution in [0.1, 0.15) is 29.3 Å². The van der Waals surface area contributed by atoms with Gasteiger partial charge in [0.05, 0.1) is 0 Å². The quantitative estimate of drug-likeness (QED) is 0.488. The summed E-state index contributed by atoms with van der Waals surface area (Å²) in [6, 6.07) is 14.3. The highest BCUT2D eigenvalue weighted by Gasteiger charge is 2.08. The number of nitrogen functional groups attached to an aromatic ring is 1. The molecule has 1 atom stereocenters. The summed E-state index contributed by atoms with van der Waals surface area (Å²) in [5.74, 6) is -0.184. The first-order chi connectivity index (χ1) is 11.0. The molecule has 23 heavy (non-hydrogen) atoms. The van der Waals surface area contributed by atoms with Gasteiger partial charge in [0, 0.05) is 35.1 Å². The molecule has 5 N–H and O–H groups in total. The second-order valence-electron chi connectivity index (χ2n) is 5.53. The van der Waals surface area contributed by atoms with Gasteiger partial charge in [0.15, 0.2) is 0 Å². The van der Waals surface area contributed by atoms with E-state index in [0.717, 1.165) is 5.56 Å². The van der Waals surface area contributed by atoms with E-state index in [1.807, 2.05) is 38.2 Å². The fourth-order valence-electron chi connectivity index (χ4n) is 2.12. The predicted molar refractivity (Wildman–Crippen MR) is 95.2 cm³/mol. The molecule has 2 aromatic carbocycles. The van der Waals surface area contributed by atoms with Crippen LogP contribution in [-0.2, 0) is 0 Å². The number of rotatable bonds is 6. The highest BCUT2D eigenvalue weighted by Crippen LogP contribution is 2.14. The van der Waals surface area contributed by atoms with Crippen molar-refractivity contribution in [3.05, 3.63) is 59.7 Å². The maximum absolute atomic E-state index is 12.1. The van der Waals surface area contributed by atoms with E-state index in [9.17, 15) is 4.79 Å². The van der Waals surface area contributed by atoms with Gasteiger partial charge in [0.1, 0.15) is 0 Å². The molecule has 0 fully saturated rings. The molecule has 0 heterocycles. The number of hydrogen-bond acceptors (Lipinski definition) is 4. The number of hydrogen-bond donors (Lipinski definition) is 4. The SMILES string of the molecule is CNC(C)CC(=N)c1ccc(NC(=O)c2ccc(N)cc2)cc1. The lowest BCUT2D eigenvalue weighted by Crippen LogP contribution is -2.24. The van der Waals surface area contributed by atoms with Crippen molar-refractivity contribution in [3.8, 4) is 0 Å². The summed E-state index contributed by atoms with van der Waals surface area (Å²) in [7, 11) is 1.88. The Labute approximate surface area is 136 Å². The van der Waals surface area contributed by atoms with Gasteiger partial charge in [-0.05, 0) is 55.9 Å². The van der Waals surface area contributed by atoms with Crippen LogP contribution < -0.4 is 16.4 Å². The molecule has 5 heteroatoms. The number of carbonyl (C=O) groups is 1. The van der Waals surface area contributed by atoms with Crippen LogP contribution in [0.5, 0.6) is 0 Å². The van der Waals surface area contributed by atoms with Gasteiger partial charge in [-0.25, -0.2) is 0 Å². The third kappa shape index (κ3) is 4.66. The first kappa shape index (κ1) is 16.7. The van der Waals surface area contributed by atoms with Crippen molar-refractivity contribution in [1.29, 1.82) is 5.41 Å². The van der Waals surface area contributed by atoms with Crippen molar-refractivity contribution in [2.45, 2.75) is 19.4 Å². The Balaban J connectivity index is 2.01. The topological polar surface area (TPSA) is 91.0 Å². The van der Waals surface area contributed by atoms with Crippen LogP contribution in [0.15, 0.2) is 48.5 Å². The summed E-state index contributed by atoms with van der Waals surface area (Å²) in [5, 5.41) is 14.0. The maximum atomic E-state index is 12.1. The van der Waals surface area contributed by atoms with Crippen molar-refractivity contribution in [1.82, 2.24) is 5.32 Å². The fraction of sp³-hybridized carbons (Fsp3) is 0.222. The summed E-state index contributed by atoms with van der Waals surface area (Å²) in [5.41, 5.74) is 8.92. The minimum Gasteiger partial charge on any atom is -0.399 e. The largest absolute Gasteiger partial charge is 0.399 e. The number of carbonyl (C=O) groups excluding carboxylic acids is 1. The number of anilines is 2. The lowest BCUT2D eigenvalue weighted by molar-refractivity contribution is 0.102. The molecule has 0 radical (unpaired) electrons. The average Bonchev–Trinajstić information content (AvgIpc) is 2.55. The van der Waals surface area contributed by atoms with Gasteiger partial charge in [-0.2, -0.15) is 0 Å². The van der Waals surface area contributed by atoms with Crippen LogP contribution in [-0.4, -0.2) is 24.7 Å². The summed E-state index contributed by atoms with van der Waals surface area (Å²) >= 11 is 0. The first-order valence-electron chi connectivity index (χ1n) is 7.51. The Kier molecular flexibility index (Phi) is 5.49. The number of amides is 1. The van der Waals surface area contributed by atoms with Crippen LogP contribution in [0.3, 0.4) is 0 Å². The Hall–Kier alpha value is -2.66. The summed E-state index contributed by atoms with van der Waals surface area (Å²) in [6.07, 6.45) is 0.660. The van der Waals surface area contributed by atoms with Crippen molar-refractivity contribution in [3.63, 3.8) is 0 Å². The van der Waals surface area contributed by atoms with Crippen LogP contribution in [0, 0.1) is 5.41 Å². The number of nitrogens with one attached hydrogen (secondary N) is 3. The smallest absolute Gasteiger partial charge is 0.255 e. The van der Waals surface area contributed by atoms with Gasteiger partial charge < -0.3 is 21.8 Å². The molecule has 5 nitrogen and oxygen atoms in total. The number of nitrogens with two attached hydrogens (primary N) is 1. The second kappa shape index (κ2) is 7.56. The Morgan fingerprint density at radius 1 is 1.09 bits per heavy atom. The van der Waals surface area contributed by atoms with Crippen molar-refractivity contribution in [2.75, 3.05) is 18.1 Å². The molecule has 0 aromatic heterocycles. The van der Waals surface area contributed by atoms with E-state index in [4.69, 9.17) is 11.1 Å². The molecule has 0 spiro atoms.